The minimum Gasteiger partial charge on any atom is -0.494 e. The second-order valence-electron chi connectivity index (χ2n) is 7.24. The molecule has 5 nitrogen and oxygen atoms in total. The Morgan fingerprint density at radius 2 is 1.74 bits per heavy atom. The first-order chi connectivity index (χ1) is 14.9. The molecule has 2 N–H and O–H groups in total. The van der Waals surface area contributed by atoms with Crippen molar-refractivity contribution in [3.63, 3.8) is 0 Å². The van der Waals surface area contributed by atoms with E-state index in [4.69, 9.17) is 14.6 Å². The van der Waals surface area contributed by atoms with Crippen molar-refractivity contribution in [2.75, 3.05) is 18.5 Å². The molecule has 0 unspecified atom stereocenters. The maximum Gasteiger partial charge on any atom is 0.322 e. The number of hydrogen-bond acceptors (Lipinski definition) is 4. The van der Waals surface area contributed by atoms with Crippen molar-refractivity contribution < 1.29 is 23.8 Å². The Kier molecular flexibility index (Phi) is 7.13. The molecule has 31 heavy (non-hydrogen) atoms. The molecule has 162 valence electrons. The first-order valence-corrected chi connectivity index (χ1v) is 10.1. The third kappa shape index (κ3) is 5.75. The second-order valence-corrected chi connectivity index (χ2v) is 7.24. The van der Waals surface area contributed by atoms with E-state index in [1.54, 1.807) is 6.07 Å². The van der Waals surface area contributed by atoms with Crippen LogP contribution >= 0.6 is 0 Å². The molecule has 0 atom stereocenters. The van der Waals surface area contributed by atoms with E-state index in [-0.39, 0.29) is 18.8 Å². The quantitative estimate of drug-likeness (QED) is 0.470. The summed E-state index contributed by atoms with van der Waals surface area (Å²) in [5, 5.41) is 11.2. The first-order valence-electron chi connectivity index (χ1n) is 10.1. The number of nitrogens with one attached hydrogen (secondary N) is 1. The third-order valence-electron chi connectivity index (χ3n) is 4.81. The number of benzene rings is 3. The Labute approximate surface area is 181 Å². The summed E-state index contributed by atoms with van der Waals surface area (Å²) in [6.07, 6.45) is 0. The van der Waals surface area contributed by atoms with Crippen LogP contribution in [-0.2, 0) is 11.4 Å². The van der Waals surface area contributed by atoms with Gasteiger partial charge in [-0.2, -0.15) is 0 Å². The molecule has 0 aliphatic heterocycles. The normalized spacial score (nSPS) is 10.6. The second kappa shape index (κ2) is 9.98. The Morgan fingerprint density at radius 3 is 2.39 bits per heavy atom. The van der Waals surface area contributed by atoms with Crippen molar-refractivity contribution in [1.82, 2.24) is 0 Å². The highest BCUT2D eigenvalue weighted by Gasteiger charge is 2.10. The molecular weight excluding hydrogens is 397 g/mol. The number of halogens is 1. The largest absolute Gasteiger partial charge is 0.494 e. The van der Waals surface area contributed by atoms with E-state index in [1.165, 1.54) is 12.1 Å². The van der Waals surface area contributed by atoms with Crippen molar-refractivity contribution >= 4 is 11.7 Å². The predicted molar refractivity (Wildman–Crippen MR) is 119 cm³/mol. The molecule has 3 rings (SSSR count). The third-order valence-corrected chi connectivity index (χ3v) is 4.81. The summed E-state index contributed by atoms with van der Waals surface area (Å²) in [4.78, 5) is 10.6. The maximum atomic E-state index is 14.1. The highest BCUT2D eigenvalue weighted by atomic mass is 19.1. The number of anilines is 1. The summed E-state index contributed by atoms with van der Waals surface area (Å²) in [5.41, 5.74) is 5.58. The lowest BCUT2D eigenvalue weighted by molar-refractivity contribution is -0.134. The van der Waals surface area contributed by atoms with Gasteiger partial charge in [0.2, 0.25) is 0 Å². The van der Waals surface area contributed by atoms with Crippen LogP contribution in [-0.4, -0.2) is 24.2 Å². The minimum atomic E-state index is -1.06. The van der Waals surface area contributed by atoms with Gasteiger partial charge in [-0.25, -0.2) is 4.39 Å². The van der Waals surface area contributed by atoms with Crippen LogP contribution in [0.1, 0.15) is 23.6 Å². The summed E-state index contributed by atoms with van der Waals surface area (Å²) < 4.78 is 25.5. The average molecular weight is 423 g/mol. The number of carbonyl (C=O) groups is 1. The van der Waals surface area contributed by atoms with E-state index in [1.807, 2.05) is 31.2 Å². The van der Waals surface area contributed by atoms with Crippen molar-refractivity contribution in [3.05, 3.63) is 77.1 Å². The van der Waals surface area contributed by atoms with E-state index in [9.17, 15) is 9.18 Å². The summed E-state index contributed by atoms with van der Waals surface area (Å²) in [6.45, 7) is 6.66. The van der Waals surface area contributed by atoms with Gasteiger partial charge in [-0.3, -0.25) is 4.79 Å². The van der Waals surface area contributed by atoms with Crippen LogP contribution < -0.4 is 14.8 Å². The van der Waals surface area contributed by atoms with Crippen LogP contribution in [0.3, 0.4) is 0 Å². The zero-order valence-corrected chi connectivity index (χ0v) is 17.9. The molecule has 0 fully saturated rings. The van der Waals surface area contributed by atoms with Gasteiger partial charge >= 0.3 is 5.97 Å². The highest BCUT2D eigenvalue weighted by molar-refractivity contribution is 5.73. The predicted octanol–water partition coefficient (Wildman–Crippen LogP) is 5.58. The highest BCUT2D eigenvalue weighted by Crippen LogP contribution is 2.32. The number of ether oxygens (including phenoxy) is 2. The zero-order valence-electron chi connectivity index (χ0n) is 17.9. The van der Waals surface area contributed by atoms with Crippen LogP contribution in [0.2, 0.25) is 0 Å². The summed E-state index contributed by atoms with van der Waals surface area (Å²) in [6, 6.07) is 16.5. The first kappa shape index (κ1) is 22.2. The van der Waals surface area contributed by atoms with E-state index in [0.29, 0.717) is 12.4 Å². The zero-order chi connectivity index (χ0) is 22.4. The van der Waals surface area contributed by atoms with Crippen LogP contribution in [0.25, 0.3) is 11.1 Å². The lowest BCUT2D eigenvalue weighted by atomic mass is 9.94. The molecule has 6 heteroatoms. The molecule has 0 spiro atoms. The maximum absolute atomic E-state index is 14.1. The lowest BCUT2D eigenvalue weighted by Crippen LogP contribution is -2.13. The van der Waals surface area contributed by atoms with Gasteiger partial charge in [0.15, 0.2) is 0 Å². The standard InChI is InChI=1S/C25H26FNO4/c1-4-30-21-10-16(2)25(17(3)11-21)19-7-5-6-18(12-19)15-31-20-8-9-23(22(26)13-20)27-14-24(28)29/h5-13,27H,4,14-15H2,1-3H3,(H,28,29). The number of rotatable bonds is 9. The summed E-state index contributed by atoms with van der Waals surface area (Å²) >= 11 is 0. The Hall–Kier alpha value is -3.54. The van der Waals surface area contributed by atoms with Crippen LogP contribution in [0.15, 0.2) is 54.6 Å². The minimum absolute atomic E-state index is 0.123. The van der Waals surface area contributed by atoms with Gasteiger partial charge in [-0.15, -0.1) is 0 Å². The molecule has 0 radical (unpaired) electrons. The molecule has 0 bridgehead atoms. The Morgan fingerprint density at radius 1 is 1.00 bits per heavy atom. The number of aliphatic carboxylic acids is 1. The average Bonchev–Trinajstić information content (AvgIpc) is 2.71. The molecule has 0 aromatic heterocycles. The van der Waals surface area contributed by atoms with Crippen LogP contribution in [0.4, 0.5) is 10.1 Å². The van der Waals surface area contributed by atoms with E-state index in [2.05, 4.69) is 31.3 Å². The SMILES string of the molecule is CCOc1cc(C)c(-c2cccc(COc3ccc(NCC(=O)O)c(F)c3)c2)c(C)c1. The summed E-state index contributed by atoms with van der Waals surface area (Å²) in [5.74, 6) is -0.382. The fraction of sp³-hybridized carbons (Fsp3) is 0.240. The number of carboxylic acids is 1. The molecule has 0 aliphatic rings. The van der Waals surface area contributed by atoms with Crippen molar-refractivity contribution in [2.45, 2.75) is 27.4 Å². The van der Waals surface area contributed by atoms with Crippen molar-refractivity contribution in [2.24, 2.45) is 0 Å². The van der Waals surface area contributed by atoms with Crippen LogP contribution in [0.5, 0.6) is 11.5 Å². The van der Waals surface area contributed by atoms with Gasteiger partial charge in [0.05, 0.1) is 12.3 Å². The topological polar surface area (TPSA) is 67.8 Å². The number of aryl methyl sites for hydroxylation is 2. The fourth-order valence-electron chi connectivity index (χ4n) is 3.51. The van der Waals surface area contributed by atoms with E-state index in [0.717, 1.165) is 33.6 Å². The van der Waals surface area contributed by atoms with E-state index >= 15 is 0 Å². The molecule has 0 saturated heterocycles. The lowest BCUT2D eigenvalue weighted by Gasteiger charge is -2.15. The van der Waals surface area contributed by atoms with Gasteiger partial charge in [0.25, 0.3) is 0 Å². The summed E-state index contributed by atoms with van der Waals surface area (Å²) in [7, 11) is 0. The van der Waals surface area contributed by atoms with Gasteiger partial charge in [0, 0.05) is 6.07 Å². The molecule has 0 saturated carbocycles. The number of hydrogen-bond donors (Lipinski definition) is 2. The number of carboxylic acid groups (broad SMARTS) is 1. The monoisotopic (exact) mass is 423 g/mol. The van der Waals surface area contributed by atoms with Gasteiger partial charge in [-0.05, 0) is 78.9 Å². The van der Waals surface area contributed by atoms with E-state index < -0.39 is 11.8 Å². The molecule has 3 aromatic carbocycles. The van der Waals surface area contributed by atoms with Crippen molar-refractivity contribution in [1.29, 1.82) is 0 Å². The fourth-order valence-corrected chi connectivity index (χ4v) is 3.51. The molecule has 0 amide bonds. The Balaban J connectivity index is 1.73. The Bertz CT molecular complexity index is 1060. The smallest absolute Gasteiger partial charge is 0.322 e. The molecule has 3 aromatic rings. The van der Waals surface area contributed by atoms with Gasteiger partial charge in [-0.1, -0.05) is 18.2 Å². The molecular formula is C25H26FNO4. The molecule has 0 aliphatic carbocycles. The van der Waals surface area contributed by atoms with Crippen molar-refractivity contribution in [3.8, 4) is 22.6 Å². The van der Waals surface area contributed by atoms with Gasteiger partial charge in [0.1, 0.15) is 30.5 Å². The molecule has 0 heterocycles. The van der Waals surface area contributed by atoms with Crippen LogP contribution in [0, 0.1) is 19.7 Å². The van der Waals surface area contributed by atoms with Gasteiger partial charge < -0.3 is 19.9 Å².